The molecule has 0 N–H and O–H groups in total. The second-order valence-corrected chi connectivity index (χ2v) is 12.4. The fraction of sp³-hybridized carbons (Fsp3) is 0.0714. The molecule has 0 amide bonds. The van der Waals surface area contributed by atoms with Crippen molar-refractivity contribution < 1.29 is 0 Å². The molecule has 0 radical (unpaired) electrons. The van der Waals surface area contributed by atoms with Crippen molar-refractivity contribution in [3.8, 4) is 44.5 Å². The molecule has 7 aromatic rings. The van der Waals surface area contributed by atoms with Crippen molar-refractivity contribution in [1.29, 1.82) is 0 Å². The van der Waals surface area contributed by atoms with E-state index in [0.29, 0.717) is 0 Å². The number of rotatable bonds is 4. The highest BCUT2D eigenvalue weighted by Crippen LogP contribution is 2.56. The highest BCUT2D eigenvalue weighted by Gasteiger charge is 2.38. The topological polar surface area (TPSA) is 16.1 Å². The molecule has 0 bridgehead atoms. The summed E-state index contributed by atoms with van der Waals surface area (Å²) >= 11 is 0. The third kappa shape index (κ3) is 3.46. The van der Waals surface area contributed by atoms with E-state index in [9.17, 15) is 0 Å². The summed E-state index contributed by atoms with van der Waals surface area (Å²) in [6.45, 7) is 4.71. The Balaban J connectivity index is 1.32. The maximum atomic E-state index is 4.21. The lowest BCUT2D eigenvalue weighted by Gasteiger charge is -2.30. The van der Waals surface area contributed by atoms with Crippen LogP contribution < -0.4 is 4.90 Å². The highest BCUT2D eigenvalue weighted by atomic mass is 15.1. The summed E-state index contributed by atoms with van der Waals surface area (Å²) in [5.74, 6) is 0. The van der Waals surface area contributed by atoms with Crippen molar-refractivity contribution in [3.63, 3.8) is 0 Å². The molecule has 44 heavy (non-hydrogen) atoms. The fourth-order valence-electron chi connectivity index (χ4n) is 7.66. The summed E-state index contributed by atoms with van der Waals surface area (Å²) in [6.07, 6.45) is 3.71. The Morgan fingerprint density at radius 2 is 1.09 bits per heavy atom. The first-order chi connectivity index (χ1) is 21.6. The first-order valence-corrected chi connectivity index (χ1v) is 15.3. The number of anilines is 3. The zero-order valence-electron chi connectivity index (χ0n) is 24.8. The van der Waals surface area contributed by atoms with Gasteiger partial charge in [-0.25, -0.2) is 0 Å². The molecule has 2 nitrogen and oxygen atoms in total. The van der Waals surface area contributed by atoms with Crippen LogP contribution >= 0.6 is 0 Å². The minimum absolute atomic E-state index is 0.0809. The molecule has 0 fully saturated rings. The van der Waals surface area contributed by atoms with E-state index in [0.717, 1.165) is 11.3 Å². The van der Waals surface area contributed by atoms with Gasteiger partial charge in [-0.05, 0) is 91.9 Å². The predicted molar refractivity (Wildman–Crippen MR) is 184 cm³/mol. The molecule has 0 atom stereocenters. The zero-order valence-corrected chi connectivity index (χ0v) is 24.8. The Bertz CT molecular complexity index is 2210. The molecule has 208 valence electrons. The molecule has 0 spiro atoms. The average molecular weight is 563 g/mol. The zero-order chi connectivity index (χ0) is 29.4. The Morgan fingerprint density at radius 3 is 1.86 bits per heavy atom. The third-order valence-corrected chi connectivity index (χ3v) is 9.73. The number of fused-ring (bicyclic) bond motifs is 6. The largest absolute Gasteiger partial charge is 0.309 e. The summed E-state index contributed by atoms with van der Waals surface area (Å²) in [4.78, 5) is 6.70. The van der Waals surface area contributed by atoms with Crippen molar-refractivity contribution in [2.75, 3.05) is 4.90 Å². The lowest BCUT2D eigenvalue weighted by molar-refractivity contribution is 0.660. The molecule has 0 aliphatic heterocycles. The lowest BCUT2D eigenvalue weighted by atomic mass is 9.82. The van der Waals surface area contributed by atoms with Crippen LogP contribution in [0.2, 0.25) is 0 Å². The van der Waals surface area contributed by atoms with E-state index in [1.165, 1.54) is 72.2 Å². The molecule has 9 rings (SSSR count). The van der Waals surface area contributed by atoms with Crippen molar-refractivity contribution in [1.82, 2.24) is 4.98 Å². The van der Waals surface area contributed by atoms with Crippen LogP contribution in [0.5, 0.6) is 0 Å². The number of hydrogen-bond acceptors (Lipinski definition) is 2. The van der Waals surface area contributed by atoms with Gasteiger partial charge in [-0.15, -0.1) is 0 Å². The third-order valence-electron chi connectivity index (χ3n) is 9.73. The van der Waals surface area contributed by atoms with Crippen LogP contribution in [-0.2, 0) is 5.41 Å². The Morgan fingerprint density at radius 1 is 0.477 bits per heavy atom. The summed E-state index contributed by atoms with van der Waals surface area (Å²) in [5, 5.41) is 2.59. The van der Waals surface area contributed by atoms with Gasteiger partial charge in [0.15, 0.2) is 0 Å². The molecule has 0 saturated heterocycles. The maximum Gasteiger partial charge on any atom is 0.0543 e. The van der Waals surface area contributed by atoms with Crippen molar-refractivity contribution >= 4 is 27.8 Å². The summed E-state index contributed by atoms with van der Waals surface area (Å²) in [5.41, 5.74) is 16.4. The van der Waals surface area contributed by atoms with Gasteiger partial charge in [-0.1, -0.05) is 111 Å². The highest BCUT2D eigenvalue weighted by molar-refractivity contribution is 6.19. The van der Waals surface area contributed by atoms with E-state index in [-0.39, 0.29) is 5.41 Å². The van der Waals surface area contributed by atoms with E-state index in [1.807, 2.05) is 12.4 Å². The van der Waals surface area contributed by atoms with E-state index in [1.54, 1.807) is 0 Å². The second kappa shape index (κ2) is 9.26. The minimum atomic E-state index is -0.0809. The van der Waals surface area contributed by atoms with Gasteiger partial charge >= 0.3 is 0 Å². The number of hydrogen-bond donors (Lipinski definition) is 0. The van der Waals surface area contributed by atoms with Crippen LogP contribution in [0.3, 0.4) is 0 Å². The summed E-state index contributed by atoms with van der Waals surface area (Å²) in [6, 6.07) is 49.1. The molecule has 2 aliphatic carbocycles. The summed E-state index contributed by atoms with van der Waals surface area (Å²) < 4.78 is 0. The van der Waals surface area contributed by atoms with E-state index in [2.05, 4.69) is 157 Å². The van der Waals surface area contributed by atoms with Crippen LogP contribution in [0.4, 0.5) is 17.1 Å². The van der Waals surface area contributed by atoms with Crippen molar-refractivity contribution in [2.24, 2.45) is 0 Å². The predicted octanol–water partition coefficient (Wildman–Crippen LogP) is 11.3. The van der Waals surface area contributed by atoms with Gasteiger partial charge in [0.05, 0.1) is 11.4 Å². The van der Waals surface area contributed by atoms with Crippen LogP contribution in [0.15, 0.2) is 146 Å². The number of aromatic nitrogens is 1. The van der Waals surface area contributed by atoms with Gasteiger partial charge in [-0.3, -0.25) is 4.98 Å². The minimum Gasteiger partial charge on any atom is -0.309 e. The quantitative estimate of drug-likeness (QED) is 0.212. The van der Waals surface area contributed by atoms with E-state index in [4.69, 9.17) is 0 Å². The van der Waals surface area contributed by atoms with Gasteiger partial charge in [0.1, 0.15) is 0 Å². The number of pyridine rings is 1. The van der Waals surface area contributed by atoms with Crippen LogP contribution in [0, 0.1) is 0 Å². The Kier molecular flexibility index (Phi) is 5.28. The molecule has 2 aliphatic rings. The van der Waals surface area contributed by atoms with Gasteiger partial charge in [0.25, 0.3) is 0 Å². The molecular weight excluding hydrogens is 532 g/mol. The Labute approximate surface area is 257 Å². The molecule has 1 aromatic heterocycles. The van der Waals surface area contributed by atoms with Crippen LogP contribution in [0.25, 0.3) is 55.3 Å². The standard InChI is InChI=1S/C42H30N2/c1-42(2)36-14-6-5-11-34(36)41-37(42)15-8-16-39(41)44(29-19-17-27(18-20-29)28-23-25-43-26-24-28)38-22-21-33-31-10-4-3-9-30(31)32-12-7-13-35(38)40(32)33/h3-26H,1-2H3. The van der Waals surface area contributed by atoms with Crippen molar-refractivity contribution in [2.45, 2.75) is 19.3 Å². The van der Waals surface area contributed by atoms with Gasteiger partial charge < -0.3 is 4.90 Å². The molecule has 2 heteroatoms. The van der Waals surface area contributed by atoms with E-state index >= 15 is 0 Å². The summed E-state index contributed by atoms with van der Waals surface area (Å²) in [7, 11) is 0. The SMILES string of the molecule is CC1(C)c2ccccc2-c2c(N(c3ccc(-c4ccncc4)cc3)c3ccc4c5c(cccc35)-c3ccccc3-4)cccc21. The molecule has 0 saturated carbocycles. The maximum absolute atomic E-state index is 4.21. The number of benzene rings is 6. The molecule has 0 unspecified atom stereocenters. The molecule has 6 aromatic carbocycles. The first-order valence-electron chi connectivity index (χ1n) is 15.3. The number of nitrogens with zero attached hydrogens (tertiary/aromatic N) is 2. The second-order valence-electron chi connectivity index (χ2n) is 12.4. The monoisotopic (exact) mass is 562 g/mol. The van der Waals surface area contributed by atoms with Crippen LogP contribution in [-0.4, -0.2) is 4.98 Å². The molecular formula is C42H30N2. The fourth-order valence-corrected chi connectivity index (χ4v) is 7.66. The van der Waals surface area contributed by atoms with Gasteiger partial charge in [-0.2, -0.15) is 0 Å². The average Bonchev–Trinajstić information content (AvgIpc) is 3.53. The van der Waals surface area contributed by atoms with E-state index < -0.39 is 0 Å². The lowest BCUT2D eigenvalue weighted by Crippen LogP contribution is -2.16. The normalized spacial score (nSPS) is 13.4. The van der Waals surface area contributed by atoms with Crippen LogP contribution in [0.1, 0.15) is 25.0 Å². The Hall–Kier alpha value is -5.47. The van der Waals surface area contributed by atoms with Crippen molar-refractivity contribution in [3.05, 3.63) is 157 Å². The first kappa shape index (κ1) is 25.1. The molecule has 1 heterocycles. The van der Waals surface area contributed by atoms with Gasteiger partial charge in [0.2, 0.25) is 0 Å². The smallest absolute Gasteiger partial charge is 0.0543 e. The van der Waals surface area contributed by atoms with Gasteiger partial charge in [0, 0.05) is 34.4 Å².